The maximum Gasteiger partial charge on any atom is 0.270 e. The zero-order valence-corrected chi connectivity index (χ0v) is 20.9. The Kier molecular flexibility index (Phi) is 7.30. The molecular formula is C19H14BrClINO3S2. The van der Waals surface area contributed by atoms with E-state index in [0.29, 0.717) is 38.0 Å². The van der Waals surface area contributed by atoms with E-state index >= 15 is 0 Å². The van der Waals surface area contributed by atoms with Gasteiger partial charge in [-0.1, -0.05) is 35.6 Å². The van der Waals surface area contributed by atoms with Crippen molar-refractivity contribution in [1.29, 1.82) is 0 Å². The van der Waals surface area contributed by atoms with E-state index in [4.69, 9.17) is 33.3 Å². The minimum Gasteiger partial charge on any atom is -0.493 e. The molecule has 2 aromatic rings. The van der Waals surface area contributed by atoms with Crippen LogP contribution in [0.15, 0.2) is 39.7 Å². The normalized spacial score (nSPS) is 15.5. The van der Waals surface area contributed by atoms with Crippen LogP contribution in [0.4, 0.5) is 5.69 Å². The summed E-state index contributed by atoms with van der Waals surface area (Å²) in [5.74, 6) is 1.13. The van der Waals surface area contributed by atoms with Crippen LogP contribution >= 0.6 is 74.1 Å². The molecule has 1 heterocycles. The van der Waals surface area contributed by atoms with Crippen LogP contribution in [-0.4, -0.2) is 23.9 Å². The highest BCUT2D eigenvalue weighted by Crippen LogP contribution is 2.39. The van der Waals surface area contributed by atoms with Crippen molar-refractivity contribution in [3.8, 4) is 11.5 Å². The van der Waals surface area contributed by atoms with Gasteiger partial charge in [-0.3, -0.25) is 9.69 Å². The molecule has 0 bridgehead atoms. The molecule has 146 valence electrons. The highest BCUT2D eigenvalue weighted by molar-refractivity contribution is 14.1. The van der Waals surface area contributed by atoms with Crippen molar-refractivity contribution in [3.05, 3.63) is 53.9 Å². The molecule has 0 radical (unpaired) electrons. The second kappa shape index (κ2) is 9.34. The van der Waals surface area contributed by atoms with Gasteiger partial charge in [0.15, 0.2) is 15.8 Å². The van der Waals surface area contributed by atoms with Crippen LogP contribution in [-0.2, 0) is 4.79 Å². The van der Waals surface area contributed by atoms with Crippen LogP contribution < -0.4 is 14.4 Å². The number of amides is 1. The quantitative estimate of drug-likeness (QED) is 0.219. The van der Waals surface area contributed by atoms with Crippen molar-refractivity contribution < 1.29 is 14.3 Å². The Balaban J connectivity index is 1.95. The number of hydrogen-bond donors (Lipinski definition) is 0. The third-order valence-electron chi connectivity index (χ3n) is 3.79. The first-order valence-corrected chi connectivity index (χ1v) is 11.6. The van der Waals surface area contributed by atoms with Crippen LogP contribution in [0.2, 0.25) is 5.02 Å². The first-order valence-electron chi connectivity index (χ1n) is 8.09. The summed E-state index contributed by atoms with van der Waals surface area (Å²) in [4.78, 5) is 15.0. The fourth-order valence-electron chi connectivity index (χ4n) is 2.57. The number of anilines is 1. The number of halogens is 3. The Hall–Kier alpha value is -0.810. The molecule has 0 unspecified atom stereocenters. The lowest BCUT2D eigenvalue weighted by atomic mass is 10.1. The van der Waals surface area contributed by atoms with Crippen molar-refractivity contribution in [2.24, 2.45) is 0 Å². The van der Waals surface area contributed by atoms with Gasteiger partial charge in [0.05, 0.1) is 32.9 Å². The number of carbonyl (C=O) groups is 1. The maximum atomic E-state index is 13.0. The number of thiocarbonyl (C=S) groups is 1. The number of nitrogens with zero attached hydrogens (tertiary/aromatic N) is 1. The first kappa shape index (κ1) is 21.9. The maximum absolute atomic E-state index is 13.0. The fourth-order valence-corrected chi connectivity index (χ4v) is 5.07. The summed E-state index contributed by atoms with van der Waals surface area (Å²) in [7, 11) is 1.59. The van der Waals surface area contributed by atoms with Crippen LogP contribution in [0.3, 0.4) is 0 Å². The summed E-state index contributed by atoms with van der Waals surface area (Å²) >= 11 is 18.4. The molecule has 0 N–H and O–H groups in total. The molecule has 2 aromatic carbocycles. The Morgan fingerprint density at radius 3 is 2.75 bits per heavy atom. The summed E-state index contributed by atoms with van der Waals surface area (Å²) in [6, 6.07) is 9.08. The van der Waals surface area contributed by atoms with Gasteiger partial charge in [-0.05, 0) is 87.4 Å². The second-order valence-corrected chi connectivity index (χ2v) is 9.68. The van der Waals surface area contributed by atoms with Crippen LogP contribution in [0.1, 0.15) is 12.5 Å². The Morgan fingerprint density at radius 2 is 2.11 bits per heavy atom. The van der Waals surface area contributed by atoms with E-state index < -0.39 is 0 Å². The lowest BCUT2D eigenvalue weighted by Crippen LogP contribution is -2.27. The monoisotopic (exact) mass is 609 g/mol. The lowest BCUT2D eigenvalue weighted by Gasteiger charge is -2.15. The highest BCUT2D eigenvalue weighted by Gasteiger charge is 2.33. The zero-order chi connectivity index (χ0) is 20.4. The van der Waals surface area contributed by atoms with E-state index in [2.05, 4.69) is 38.5 Å². The summed E-state index contributed by atoms with van der Waals surface area (Å²) in [6.07, 6.45) is 1.81. The van der Waals surface area contributed by atoms with Gasteiger partial charge < -0.3 is 9.47 Å². The van der Waals surface area contributed by atoms with E-state index in [1.54, 1.807) is 31.4 Å². The molecule has 0 atom stereocenters. The molecule has 0 aromatic heterocycles. The number of hydrogen-bond acceptors (Lipinski definition) is 5. The predicted molar refractivity (Wildman–Crippen MR) is 132 cm³/mol. The molecule has 3 rings (SSSR count). The Bertz CT molecular complexity index is 999. The SMILES string of the molecule is CCOc1c(I)cc(/C=C2/SC(=S)N(c3ccc(Br)c(Cl)c3)C2=O)cc1OC. The molecule has 0 spiro atoms. The smallest absolute Gasteiger partial charge is 0.270 e. The first-order chi connectivity index (χ1) is 13.3. The molecule has 0 aliphatic carbocycles. The molecule has 1 amide bonds. The number of carbonyl (C=O) groups excluding carboxylic acids is 1. The number of benzene rings is 2. The van der Waals surface area contributed by atoms with Gasteiger partial charge in [-0.15, -0.1) is 0 Å². The number of ether oxygens (including phenoxy) is 2. The minimum atomic E-state index is -0.184. The van der Waals surface area contributed by atoms with Crippen LogP contribution in [0, 0.1) is 3.57 Å². The topological polar surface area (TPSA) is 38.8 Å². The Labute approximate surface area is 199 Å². The third-order valence-corrected chi connectivity index (χ3v) is 7.13. The molecule has 28 heavy (non-hydrogen) atoms. The third kappa shape index (κ3) is 4.51. The Morgan fingerprint density at radius 1 is 1.36 bits per heavy atom. The van der Waals surface area contributed by atoms with Crippen molar-refractivity contribution >= 4 is 96.1 Å². The molecule has 1 fully saturated rings. The minimum absolute atomic E-state index is 0.184. The molecule has 9 heteroatoms. The van der Waals surface area contributed by atoms with Crippen LogP contribution in [0.25, 0.3) is 6.08 Å². The van der Waals surface area contributed by atoms with Gasteiger partial charge in [-0.25, -0.2) is 0 Å². The van der Waals surface area contributed by atoms with E-state index in [1.165, 1.54) is 16.7 Å². The lowest BCUT2D eigenvalue weighted by molar-refractivity contribution is -0.113. The molecule has 4 nitrogen and oxygen atoms in total. The largest absolute Gasteiger partial charge is 0.493 e. The van der Waals surface area contributed by atoms with E-state index in [0.717, 1.165) is 13.6 Å². The van der Waals surface area contributed by atoms with Crippen molar-refractivity contribution in [2.75, 3.05) is 18.6 Å². The van der Waals surface area contributed by atoms with E-state index in [-0.39, 0.29) is 5.91 Å². The fraction of sp³-hybridized carbons (Fsp3) is 0.158. The average Bonchev–Trinajstić information content (AvgIpc) is 2.93. The summed E-state index contributed by atoms with van der Waals surface area (Å²) in [5.41, 5.74) is 1.47. The van der Waals surface area contributed by atoms with Crippen molar-refractivity contribution in [3.63, 3.8) is 0 Å². The van der Waals surface area contributed by atoms with Crippen LogP contribution in [0.5, 0.6) is 11.5 Å². The highest BCUT2D eigenvalue weighted by atomic mass is 127. The zero-order valence-electron chi connectivity index (χ0n) is 14.8. The van der Waals surface area contributed by atoms with Gasteiger partial charge in [-0.2, -0.15) is 0 Å². The van der Waals surface area contributed by atoms with E-state index in [1.807, 2.05) is 19.1 Å². The number of rotatable bonds is 5. The molecule has 1 saturated heterocycles. The standard InChI is InChI=1S/C19H14BrClINO3S2/c1-3-26-17-14(22)6-10(7-15(17)25-2)8-16-18(24)23(19(27)28-16)11-4-5-12(20)13(21)9-11/h4-9H,3H2,1-2H3/b16-8+. The molecular weight excluding hydrogens is 597 g/mol. The average molecular weight is 611 g/mol. The molecule has 0 saturated carbocycles. The molecule has 1 aliphatic heterocycles. The summed E-state index contributed by atoms with van der Waals surface area (Å²) < 4.78 is 13.2. The van der Waals surface area contributed by atoms with Crippen molar-refractivity contribution in [1.82, 2.24) is 0 Å². The van der Waals surface area contributed by atoms with E-state index in [9.17, 15) is 4.79 Å². The molecule has 1 aliphatic rings. The van der Waals surface area contributed by atoms with Gasteiger partial charge in [0.2, 0.25) is 0 Å². The number of thioether (sulfide) groups is 1. The summed E-state index contributed by atoms with van der Waals surface area (Å²) in [5, 5.41) is 0.515. The van der Waals surface area contributed by atoms with Gasteiger partial charge in [0, 0.05) is 4.47 Å². The summed E-state index contributed by atoms with van der Waals surface area (Å²) in [6.45, 7) is 2.46. The van der Waals surface area contributed by atoms with Crippen molar-refractivity contribution in [2.45, 2.75) is 6.92 Å². The van der Waals surface area contributed by atoms with Gasteiger partial charge in [0.1, 0.15) is 0 Å². The second-order valence-electron chi connectivity index (χ2n) is 5.58. The van der Waals surface area contributed by atoms with Gasteiger partial charge >= 0.3 is 0 Å². The van der Waals surface area contributed by atoms with Gasteiger partial charge in [0.25, 0.3) is 5.91 Å². The number of methoxy groups -OCH3 is 1. The predicted octanol–water partition coefficient (Wildman–Crippen LogP) is 6.52.